The SMILES string of the molecule is SCC#Cc1ccc(Cl)c(Br)c1. The van der Waals surface area contributed by atoms with Crippen molar-refractivity contribution in [3.8, 4) is 11.8 Å². The van der Waals surface area contributed by atoms with Gasteiger partial charge in [0.05, 0.1) is 10.8 Å². The molecule has 0 nitrogen and oxygen atoms in total. The van der Waals surface area contributed by atoms with Crippen LogP contribution in [-0.2, 0) is 0 Å². The fourth-order valence-electron chi connectivity index (χ4n) is 0.715. The summed E-state index contributed by atoms with van der Waals surface area (Å²) in [6.45, 7) is 0. The first-order valence-corrected chi connectivity index (χ1v) is 5.09. The summed E-state index contributed by atoms with van der Waals surface area (Å²) in [4.78, 5) is 0. The molecule has 0 unspecified atom stereocenters. The van der Waals surface area contributed by atoms with Gasteiger partial charge in [-0.3, -0.25) is 0 Å². The molecule has 1 rings (SSSR count). The van der Waals surface area contributed by atoms with Gasteiger partial charge >= 0.3 is 0 Å². The molecule has 0 bridgehead atoms. The minimum absolute atomic E-state index is 0.570. The van der Waals surface area contributed by atoms with Crippen LogP contribution in [0.15, 0.2) is 22.7 Å². The van der Waals surface area contributed by atoms with Crippen LogP contribution in [0, 0.1) is 11.8 Å². The Hall–Kier alpha value is -0.100. The lowest BCUT2D eigenvalue weighted by molar-refractivity contribution is 1.60. The van der Waals surface area contributed by atoms with Crippen LogP contribution in [0.4, 0.5) is 0 Å². The summed E-state index contributed by atoms with van der Waals surface area (Å²) in [5, 5.41) is 0.700. The van der Waals surface area contributed by atoms with Gasteiger partial charge in [0.15, 0.2) is 0 Å². The molecule has 3 heteroatoms. The lowest BCUT2D eigenvalue weighted by atomic mass is 10.2. The van der Waals surface area contributed by atoms with Crippen molar-refractivity contribution < 1.29 is 0 Å². The molecular formula is C9H6BrClS. The van der Waals surface area contributed by atoms with E-state index in [4.69, 9.17) is 11.6 Å². The van der Waals surface area contributed by atoms with E-state index < -0.39 is 0 Å². The van der Waals surface area contributed by atoms with Gasteiger partial charge in [-0.15, -0.1) is 0 Å². The van der Waals surface area contributed by atoms with E-state index in [2.05, 4.69) is 40.4 Å². The van der Waals surface area contributed by atoms with Gasteiger partial charge in [-0.05, 0) is 34.1 Å². The molecule has 0 radical (unpaired) electrons. The molecule has 12 heavy (non-hydrogen) atoms. The number of halogens is 2. The highest BCUT2D eigenvalue weighted by molar-refractivity contribution is 9.10. The van der Waals surface area contributed by atoms with E-state index in [1.165, 1.54) is 0 Å². The zero-order valence-corrected chi connectivity index (χ0v) is 9.38. The van der Waals surface area contributed by atoms with E-state index in [1.54, 1.807) is 0 Å². The van der Waals surface area contributed by atoms with Crippen LogP contribution >= 0.6 is 40.2 Å². The Balaban J connectivity index is 2.97. The topological polar surface area (TPSA) is 0 Å². The fraction of sp³-hybridized carbons (Fsp3) is 0.111. The standard InChI is InChI=1S/C9H6BrClS/c10-8-6-7(2-1-5-12)3-4-9(8)11/h3-4,6,12H,5H2. The second-order valence-corrected chi connectivity index (χ2v) is 3.67. The molecule has 0 atom stereocenters. The Labute approximate surface area is 90.9 Å². The summed E-state index contributed by atoms with van der Waals surface area (Å²) in [5.74, 6) is 6.38. The van der Waals surface area contributed by atoms with Crippen molar-refractivity contribution >= 4 is 40.2 Å². The first-order valence-electron chi connectivity index (χ1n) is 3.29. The number of hydrogen-bond acceptors (Lipinski definition) is 1. The molecule has 0 N–H and O–H groups in total. The number of benzene rings is 1. The van der Waals surface area contributed by atoms with E-state index in [1.807, 2.05) is 18.2 Å². The van der Waals surface area contributed by atoms with Gasteiger partial charge in [0.1, 0.15) is 0 Å². The largest absolute Gasteiger partial charge is 0.166 e. The second kappa shape index (κ2) is 4.81. The molecule has 0 heterocycles. The first-order chi connectivity index (χ1) is 5.74. The minimum atomic E-state index is 0.570. The number of rotatable bonds is 0. The lowest BCUT2D eigenvalue weighted by Gasteiger charge is -1.94. The Morgan fingerprint density at radius 3 is 2.83 bits per heavy atom. The summed E-state index contributed by atoms with van der Waals surface area (Å²) in [5.41, 5.74) is 0.945. The molecule has 0 aromatic heterocycles. The molecule has 62 valence electrons. The van der Waals surface area contributed by atoms with Gasteiger partial charge in [-0.25, -0.2) is 0 Å². The van der Waals surface area contributed by atoms with Gasteiger partial charge in [0.2, 0.25) is 0 Å². The molecule has 0 saturated heterocycles. The summed E-state index contributed by atoms with van der Waals surface area (Å²) in [7, 11) is 0. The van der Waals surface area contributed by atoms with Crippen molar-refractivity contribution in [3.05, 3.63) is 33.3 Å². The van der Waals surface area contributed by atoms with Crippen LogP contribution in [-0.4, -0.2) is 5.75 Å². The maximum Gasteiger partial charge on any atom is 0.0548 e. The van der Waals surface area contributed by atoms with Gasteiger partial charge in [-0.1, -0.05) is 23.4 Å². The Morgan fingerprint density at radius 2 is 2.25 bits per heavy atom. The van der Waals surface area contributed by atoms with Gasteiger partial charge in [0, 0.05) is 10.0 Å². The highest BCUT2D eigenvalue weighted by Gasteiger charge is 1.95. The molecule has 0 fully saturated rings. The molecular weight excluding hydrogens is 256 g/mol. The molecule has 1 aromatic rings. The van der Waals surface area contributed by atoms with Gasteiger partial charge < -0.3 is 0 Å². The summed E-state index contributed by atoms with van der Waals surface area (Å²) in [6.07, 6.45) is 0. The third-order valence-electron chi connectivity index (χ3n) is 1.23. The zero-order chi connectivity index (χ0) is 8.97. The highest BCUT2D eigenvalue weighted by Crippen LogP contribution is 2.22. The Kier molecular flexibility index (Phi) is 4.00. The van der Waals surface area contributed by atoms with Gasteiger partial charge in [-0.2, -0.15) is 12.6 Å². The van der Waals surface area contributed by atoms with E-state index in [0.29, 0.717) is 10.8 Å². The average Bonchev–Trinajstić information content (AvgIpc) is 2.07. The maximum absolute atomic E-state index is 5.80. The van der Waals surface area contributed by atoms with E-state index in [9.17, 15) is 0 Å². The predicted octanol–water partition coefficient (Wildman–Crippen LogP) is 3.38. The molecule has 0 saturated carbocycles. The van der Waals surface area contributed by atoms with Crippen LogP contribution in [0.2, 0.25) is 5.02 Å². The highest BCUT2D eigenvalue weighted by atomic mass is 79.9. The molecule has 0 aliphatic rings. The van der Waals surface area contributed by atoms with Crippen LogP contribution < -0.4 is 0 Å². The van der Waals surface area contributed by atoms with E-state index in [0.717, 1.165) is 10.0 Å². The lowest BCUT2D eigenvalue weighted by Crippen LogP contribution is -1.75. The minimum Gasteiger partial charge on any atom is -0.166 e. The van der Waals surface area contributed by atoms with Crippen LogP contribution in [0.25, 0.3) is 0 Å². The first kappa shape index (κ1) is 9.98. The van der Waals surface area contributed by atoms with E-state index in [-0.39, 0.29) is 0 Å². The molecule has 0 spiro atoms. The van der Waals surface area contributed by atoms with Crippen molar-refractivity contribution in [3.63, 3.8) is 0 Å². The molecule has 0 amide bonds. The molecule has 1 aromatic carbocycles. The number of hydrogen-bond donors (Lipinski definition) is 1. The fourth-order valence-corrected chi connectivity index (χ4v) is 1.29. The van der Waals surface area contributed by atoms with Crippen molar-refractivity contribution in [2.24, 2.45) is 0 Å². The quantitative estimate of drug-likeness (QED) is 0.537. The average molecular weight is 262 g/mol. The third kappa shape index (κ3) is 2.75. The number of thiol groups is 1. The van der Waals surface area contributed by atoms with Crippen LogP contribution in [0.5, 0.6) is 0 Å². The smallest absolute Gasteiger partial charge is 0.0548 e. The zero-order valence-electron chi connectivity index (χ0n) is 6.14. The maximum atomic E-state index is 5.80. The second-order valence-electron chi connectivity index (χ2n) is 2.09. The summed E-state index contributed by atoms with van der Waals surface area (Å²) in [6, 6.07) is 5.58. The Morgan fingerprint density at radius 1 is 1.50 bits per heavy atom. The summed E-state index contributed by atoms with van der Waals surface area (Å²) >= 11 is 13.1. The Bertz CT molecular complexity index is 338. The van der Waals surface area contributed by atoms with Crippen molar-refractivity contribution in [2.45, 2.75) is 0 Å². The van der Waals surface area contributed by atoms with E-state index >= 15 is 0 Å². The van der Waals surface area contributed by atoms with Gasteiger partial charge in [0.25, 0.3) is 0 Å². The monoisotopic (exact) mass is 260 g/mol. The van der Waals surface area contributed by atoms with Crippen molar-refractivity contribution in [2.75, 3.05) is 5.75 Å². The van der Waals surface area contributed by atoms with Crippen LogP contribution in [0.1, 0.15) is 5.56 Å². The third-order valence-corrected chi connectivity index (χ3v) is 2.60. The summed E-state index contributed by atoms with van der Waals surface area (Å²) < 4.78 is 0.870. The molecule has 0 aliphatic heterocycles. The van der Waals surface area contributed by atoms with Crippen molar-refractivity contribution in [1.82, 2.24) is 0 Å². The normalized spacial score (nSPS) is 8.92. The van der Waals surface area contributed by atoms with Crippen molar-refractivity contribution in [1.29, 1.82) is 0 Å². The van der Waals surface area contributed by atoms with Crippen LogP contribution in [0.3, 0.4) is 0 Å². The molecule has 0 aliphatic carbocycles. The predicted molar refractivity (Wildman–Crippen MR) is 59.9 cm³/mol.